The van der Waals surface area contributed by atoms with Gasteiger partial charge in [-0.15, -0.1) is 0 Å². The number of rotatable bonds is 9. The third-order valence-corrected chi connectivity index (χ3v) is 7.09. The molecular formula is C24H24BrFN2O4S. The predicted octanol–water partition coefficient (Wildman–Crippen LogP) is 5.12. The average molecular weight is 535 g/mol. The van der Waals surface area contributed by atoms with Crippen LogP contribution in [0.1, 0.15) is 18.1 Å². The summed E-state index contributed by atoms with van der Waals surface area (Å²) in [5.74, 6) is -0.690. The van der Waals surface area contributed by atoms with E-state index in [-0.39, 0.29) is 17.1 Å². The summed E-state index contributed by atoms with van der Waals surface area (Å²) in [6.45, 7) is 3.55. The van der Waals surface area contributed by atoms with E-state index in [1.165, 1.54) is 24.3 Å². The molecule has 0 aliphatic heterocycles. The van der Waals surface area contributed by atoms with Gasteiger partial charge in [-0.3, -0.25) is 4.79 Å². The molecule has 0 aromatic heterocycles. The molecule has 3 aromatic carbocycles. The number of benzene rings is 3. The van der Waals surface area contributed by atoms with Crippen LogP contribution in [0.5, 0.6) is 5.75 Å². The Morgan fingerprint density at radius 3 is 2.45 bits per heavy atom. The fourth-order valence-electron chi connectivity index (χ4n) is 3.20. The Kier molecular flexibility index (Phi) is 8.23. The zero-order valence-electron chi connectivity index (χ0n) is 18.2. The first-order valence-electron chi connectivity index (χ1n) is 10.2. The van der Waals surface area contributed by atoms with Gasteiger partial charge in [-0.05, 0) is 61.4 Å². The lowest BCUT2D eigenvalue weighted by molar-refractivity contribution is -0.116. The molecule has 33 heavy (non-hydrogen) atoms. The third kappa shape index (κ3) is 6.40. The van der Waals surface area contributed by atoms with E-state index in [9.17, 15) is 17.6 Å². The van der Waals surface area contributed by atoms with Crippen molar-refractivity contribution in [1.29, 1.82) is 0 Å². The van der Waals surface area contributed by atoms with Gasteiger partial charge >= 0.3 is 0 Å². The van der Waals surface area contributed by atoms with Gasteiger partial charge in [-0.2, -0.15) is 4.31 Å². The highest BCUT2D eigenvalue weighted by molar-refractivity contribution is 9.10. The first kappa shape index (κ1) is 24.9. The maximum atomic E-state index is 14.2. The standard InChI is InChI=1S/C24H24BrFN2O4S/c1-3-32-23-12-10-20(13-17(23)2)33(30,31)28(15-18-7-5-4-6-8-18)16-24(29)27-22-11-9-19(25)14-21(22)26/h4-14H,3,15-16H2,1-2H3,(H,27,29). The van der Waals surface area contributed by atoms with Gasteiger partial charge in [0.25, 0.3) is 0 Å². The van der Waals surface area contributed by atoms with Crippen LogP contribution in [-0.2, 0) is 21.4 Å². The molecule has 0 unspecified atom stereocenters. The second-order valence-corrected chi connectivity index (χ2v) is 10.1. The van der Waals surface area contributed by atoms with Crippen LogP contribution in [0.25, 0.3) is 0 Å². The van der Waals surface area contributed by atoms with Crippen molar-refractivity contribution >= 4 is 37.5 Å². The van der Waals surface area contributed by atoms with E-state index in [1.807, 2.05) is 13.0 Å². The number of halogens is 2. The lowest BCUT2D eigenvalue weighted by atomic mass is 10.2. The van der Waals surface area contributed by atoms with E-state index in [4.69, 9.17) is 4.74 Å². The van der Waals surface area contributed by atoms with Crippen molar-refractivity contribution in [2.24, 2.45) is 0 Å². The van der Waals surface area contributed by atoms with Crippen molar-refractivity contribution in [2.45, 2.75) is 25.3 Å². The zero-order chi connectivity index (χ0) is 24.0. The number of nitrogens with one attached hydrogen (secondary N) is 1. The Bertz CT molecular complexity index is 1240. The highest BCUT2D eigenvalue weighted by atomic mass is 79.9. The van der Waals surface area contributed by atoms with Gasteiger partial charge in [0.2, 0.25) is 15.9 Å². The molecular weight excluding hydrogens is 511 g/mol. The first-order chi connectivity index (χ1) is 15.7. The van der Waals surface area contributed by atoms with Crippen molar-refractivity contribution in [3.8, 4) is 5.75 Å². The lowest BCUT2D eigenvalue weighted by Gasteiger charge is -2.22. The van der Waals surface area contributed by atoms with Crippen LogP contribution in [0.4, 0.5) is 10.1 Å². The van der Waals surface area contributed by atoms with E-state index in [0.29, 0.717) is 28.0 Å². The highest BCUT2D eigenvalue weighted by Crippen LogP contribution is 2.25. The monoisotopic (exact) mass is 534 g/mol. The van der Waals surface area contributed by atoms with Gasteiger partial charge in [-0.25, -0.2) is 12.8 Å². The van der Waals surface area contributed by atoms with Crippen molar-refractivity contribution in [2.75, 3.05) is 18.5 Å². The Morgan fingerprint density at radius 2 is 1.82 bits per heavy atom. The summed E-state index contributed by atoms with van der Waals surface area (Å²) >= 11 is 3.16. The molecule has 0 radical (unpaired) electrons. The number of ether oxygens (including phenoxy) is 1. The van der Waals surface area contributed by atoms with Gasteiger partial charge in [0, 0.05) is 11.0 Å². The Balaban J connectivity index is 1.90. The second kappa shape index (κ2) is 10.9. The normalized spacial score (nSPS) is 11.4. The fraction of sp³-hybridized carbons (Fsp3) is 0.208. The van der Waals surface area contributed by atoms with Crippen LogP contribution in [0.3, 0.4) is 0 Å². The number of amides is 1. The second-order valence-electron chi connectivity index (χ2n) is 7.29. The molecule has 0 heterocycles. The molecule has 0 saturated heterocycles. The van der Waals surface area contributed by atoms with Crippen LogP contribution >= 0.6 is 15.9 Å². The number of nitrogens with zero attached hydrogens (tertiary/aromatic N) is 1. The molecule has 0 aliphatic carbocycles. The number of aryl methyl sites for hydroxylation is 1. The van der Waals surface area contributed by atoms with Crippen molar-refractivity contribution in [1.82, 2.24) is 4.31 Å². The predicted molar refractivity (Wildman–Crippen MR) is 129 cm³/mol. The first-order valence-corrected chi connectivity index (χ1v) is 12.5. The Hall–Kier alpha value is -2.75. The summed E-state index contributed by atoms with van der Waals surface area (Å²) in [6, 6.07) is 17.7. The number of hydrogen-bond donors (Lipinski definition) is 1. The van der Waals surface area contributed by atoms with E-state index >= 15 is 0 Å². The molecule has 1 amide bonds. The molecule has 6 nitrogen and oxygen atoms in total. The quantitative estimate of drug-likeness (QED) is 0.413. The van der Waals surface area contributed by atoms with E-state index < -0.39 is 28.3 Å². The van der Waals surface area contributed by atoms with Crippen LogP contribution < -0.4 is 10.1 Å². The number of anilines is 1. The summed E-state index contributed by atoms with van der Waals surface area (Å²) in [7, 11) is -4.04. The summed E-state index contributed by atoms with van der Waals surface area (Å²) in [5, 5.41) is 2.45. The molecule has 0 aliphatic rings. The summed E-state index contributed by atoms with van der Waals surface area (Å²) in [5.41, 5.74) is 1.35. The SMILES string of the molecule is CCOc1ccc(S(=O)(=O)N(CC(=O)Nc2ccc(Br)cc2F)Cc2ccccc2)cc1C. The summed E-state index contributed by atoms with van der Waals surface area (Å²) < 4.78 is 48.2. The van der Waals surface area contributed by atoms with E-state index in [0.717, 1.165) is 4.31 Å². The minimum atomic E-state index is -4.04. The van der Waals surface area contributed by atoms with Gasteiger partial charge < -0.3 is 10.1 Å². The topological polar surface area (TPSA) is 75.7 Å². The number of hydrogen-bond acceptors (Lipinski definition) is 4. The molecule has 3 rings (SSSR count). The molecule has 0 saturated carbocycles. The van der Waals surface area contributed by atoms with E-state index in [2.05, 4.69) is 21.2 Å². The smallest absolute Gasteiger partial charge is 0.243 e. The Morgan fingerprint density at radius 1 is 1.09 bits per heavy atom. The maximum Gasteiger partial charge on any atom is 0.243 e. The minimum Gasteiger partial charge on any atom is -0.494 e. The fourth-order valence-corrected chi connectivity index (χ4v) is 5.01. The van der Waals surface area contributed by atoms with Gasteiger partial charge in [0.1, 0.15) is 11.6 Å². The van der Waals surface area contributed by atoms with Crippen molar-refractivity contribution in [3.05, 3.63) is 88.1 Å². The van der Waals surface area contributed by atoms with Crippen molar-refractivity contribution < 1.29 is 22.3 Å². The minimum absolute atomic E-state index is 0.0222. The van der Waals surface area contributed by atoms with Gasteiger partial charge in [-0.1, -0.05) is 46.3 Å². The molecule has 174 valence electrons. The molecule has 9 heteroatoms. The zero-order valence-corrected chi connectivity index (χ0v) is 20.6. The summed E-state index contributed by atoms with van der Waals surface area (Å²) in [6.07, 6.45) is 0. The van der Waals surface area contributed by atoms with Crippen LogP contribution in [-0.4, -0.2) is 31.8 Å². The van der Waals surface area contributed by atoms with E-state index in [1.54, 1.807) is 43.3 Å². The molecule has 0 atom stereocenters. The molecule has 0 spiro atoms. The highest BCUT2D eigenvalue weighted by Gasteiger charge is 2.28. The third-order valence-electron chi connectivity index (χ3n) is 4.81. The molecule has 1 N–H and O–H groups in total. The number of carbonyl (C=O) groups excluding carboxylic acids is 1. The van der Waals surface area contributed by atoms with Gasteiger partial charge in [0.15, 0.2) is 0 Å². The van der Waals surface area contributed by atoms with Crippen LogP contribution in [0.15, 0.2) is 76.1 Å². The van der Waals surface area contributed by atoms with Gasteiger partial charge in [0.05, 0.1) is 23.7 Å². The molecule has 3 aromatic rings. The average Bonchev–Trinajstić information content (AvgIpc) is 2.77. The van der Waals surface area contributed by atoms with Crippen LogP contribution in [0, 0.1) is 12.7 Å². The number of carbonyl (C=O) groups is 1. The largest absolute Gasteiger partial charge is 0.494 e. The summed E-state index contributed by atoms with van der Waals surface area (Å²) in [4.78, 5) is 12.8. The molecule has 0 bridgehead atoms. The number of sulfonamides is 1. The Labute approximate surface area is 201 Å². The van der Waals surface area contributed by atoms with Crippen LogP contribution in [0.2, 0.25) is 0 Å². The van der Waals surface area contributed by atoms with Crippen molar-refractivity contribution in [3.63, 3.8) is 0 Å². The maximum absolute atomic E-state index is 14.2. The lowest BCUT2D eigenvalue weighted by Crippen LogP contribution is -2.37. The molecule has 0 fully saturated rings.